The van der Waals surface area contributed by atoms with E-state index in [1.165, 1.54) is 6.92 Å². The second-order valence-corrected chi connectivity index (χ2v) is 1.62. The molecule has 1 N–H and O–H groups in total. The summed E-state index contributed by atoms with van der Waals surface area (Å²) >= 11 is 0. The van der Waals surface area contributed by atoms with Crippen LogP contribution in [0.2, 0.25) is 0 Å². The van der Waals surface area contributed by atoms with E-state index in [2.05, 4.69) is 9.47 Å². The van der Waals surface area contributed by atoms with Crippen LogP contribution in [0.25, 0.3) is 0 Å². The van der Waals surface area contributed by atoms with Crippen molar-refractivity contribution in [2.45, 2.75) is 6.92 Å². The zero-order valence-electron chi connectivity index (χ0n) is 4.88. The van der Waals surface area contributed by atoms with Gasteiger partial charge in [0.25, 0.3) is 5.95 Å². The zero-order chi connectivity index (χ0) is 6.85. The molecular formula is C5H6O4. The lowest BCUT2D eigenvalue weighted by molar-refractivity contribution is -0.158. The lowest BCUT2D eigenvalue weighted by atomic mass is 10.3. The Balaban J connectivity index is 2.84. The molecule has 0 aromatic heterocycles. The molecule has 0 spiro atoms. The van der Waals surface area contributed by atoms with Gasteiger partial charge in [-0.2, -0.15) is 0 Å². The molecule has 0 radical (unpaired) electrons. The predicted molar refractivity (Wildman–Crippen MR) is 27.4 cm³/mol. The van der Waals surface area contributed by atoms with Crippen LogP contribution in [0, 0.1) is 0 Å². The van der Waals surface area contributed by atoms with Gasteiger partial charge in [0.15, 0.2) is 0 Å². The van der Waals surface area contributed by atoms with Gasteiger partial charge in [-0.3, -0.25) is 0 Å². The van der Waals surface area contributed by atoms with Crippen molar-refractivity contribution in [1.29, 1.82) is 0 Å². The summed E-state index contributed by atoms with van der Waals surface area (Å²) in [6, 6.07) is 0. The number of cyclic esters (lactones) is 1. The molecule has 0 aliphatic carbocycles. The largest absolute Gasteiger partial charge is 0.481 e. The van der Waals surface area contributed by atoms with Crippen molar-refractivity contribution < 1.29 is 19.4 Å². The highest BCUT2D eigenvalue weighted by atomic mass is 16.7. The maximum absolute atomic E-state index is 10.5. The summed E-state index contributed by atoms with van der Waals surface area (Å²) in [6.07, 6.45) is 0. The number of esters is 1. The SMILES string of the molecule is CC1=C(O)OCOC1=O. The van der Waals surface area contributed by atoms with Crippen LogP contribution in [0.1, 0.15) is 6.92 Å². The highest BCUT2D eigenvalue weighted by molar-refractivity contribution is 5.88. The van der Waals surface area contributed by atoms with Gasteiger partial charge in [0.05, 0.1) is 0 Å². The van der Waals surface area contributed by atoms with Gasteiger partial charge in [-0.05, 0) is 6.92 Å². The quantitative estimate of drug-likeness (QED) is 0.479. The highest BCUT2D eigenvalue weighted by Gasteiger charge is 2.17. The van der Waals surface area contributed by atoms with Gasteiger partial charge < -0.3 is 14.6 Å². The second-order valence-electron chi connectivity index (χ2n) is 1.62. The normalized spacial score (nSPS) is 19.0. The van der Waals surface area contributed by atoms with E-state index in [0.717, 1.165) is 0 Å². The smallest absolute Gasteiger partial charge is 0.343 e. The minimum absolute atomic E-state index is 0.112. The van der Waals surface area contributed by atoms with Gasteiger partial charge in [-0.15, -0.1) is 0 Å². The average Bonchev–Trinajstić information content (AvgIpc) is 1.83. The third-order valence-electron chi connectivity index (χ3n) is 1.01. The average molecular weight is 130 g/mol. The van der Waals surface area contributed by atoms with E-state index >= 15 is 0 Å². The first-order valence-corrected chi connectivity index (χ1v) is 2.41. The Morgan fingerprint density at radius 1 is 1.56 bits per heavy atom. The number of carbonyl (C=O) groups is 1. The van der Waals surface area contributed by atoms with E-state index in [1.54, 1.807) is 0 Å². The molecule has 9 heavy (non-hydrogen) atoms. The van der Waals surface area contributed by atoms with Crippen LogP contribution < -0.4 is 0 Å². The van der Waals surface area contributed by atoms with Crippen LogP contribution in [0.3, 0.4) is 0 Å². The molecule has 1 rings (SSSR count). The summed E-state index contributed by atoms with van der Waals surface area (Å²) in [7, 11) is 0. The molecule has 0 unspecified atom stereocenters. The molecule has 50 valence electrons. The van der Waals surface area contributed by atoms with E-state index < -0.39 is 5.97 Å². The first-order valence-electron chi connectivity index (χ1n) is 2.41. The number of ether oxygens (including phenoxy) is 2. The summed E-state index contributed by atoms with van der Waals surface area (Å²) in [5, 5.41) is 8.70. The summed E-state index contributed by atoms with van der Waals surface area (Å²) in [6.45, 7) is 1.23. The van der Waals surface area contributed by atoms with Gasteiger partial charge in [0.2, 0.25) is 6.79 Å². The van der Waals surface area contributed by atoms with Gasteiger partial charge in [0, 0.05) is 0 Å². The zero-order valence-corrected chi connectivity index (χ0v) is 4.88. The van der Waals surface area contributed by atoms with Crippen molar-refractivity contribution in [3.8, 4) is 0 Å². The Kier molecular flexibility index (Phi) is 1.30. The van der Waals surface area contributed by atoms with Crippen LogP contribution in [-0.4, -0.2) is 17.9 Å². The van der Waals surface area contributed by atoms with Crippen LogP contribution in [0.5, 0.6) is 0 Å². The van der Waals surface area contributed by atoms with E-state index in [4.69, 9.17) is 5.11 Å². The van der Waals surface area contributed by atoms with Crippen LogP contribution in [0.4, 0.5) is 0 Å². The predicted octanol–water partition coefficient (Wildman–Crippen LogP) is 0.307. The summed E-state index contributed by atoms with van der Waals surface area (Å²) in [5.41, 5.74) is 0.112. The molecule has 0 aromatic carbocycles. The number of hydrogen-bond acceptors (Lipinski definition) is 4. The van der Waals surface area contributed by atoms with Crippen molar-refractivity contribution >= 4 is 5.97 Å². The Bertz CT molecular complexity index is 170. The summed E-state index contributed by atoms with van der Waals surface area (Å²) in [4.78, 5) is 10.5. The lowest BCUT2D eigenvalue weighted by Crippen LogP contribution is -2.17. The first-order chi connectivity index (χ1) is 4.22. The van der Waals surface area contributed by atoms with Crippen LogP contribution in [0.15, 0.2) is 11.5 Å². The second kappa shape index (κ2) is 1.97. The summed E-state index contributed by atoms with van der Waals surface area (Å²) < 4.78 is 8.83. The fraction of sp³-hybridized carbons (Fsp3) is 0.400. The standard InChI is InChI=1S/C5H6O4/c1-3-4(6)8-2-9-5(3)7/h6H,2H2,1H3. The maximum atomic E-state index is 10.5. The Morgan fingerprint density at radius 2 is 2.22 bits per heavy atom. The number of rotatable bonds is 0. The van der Waals surface area contributed by atoms with E-state index in [0.29, 0.717) is 0 Å². The molecular weight excluding hydrogens is 124 g/mol. The van der Waals surface area contributed by atoms with E-state index in [1.807, 2.05) is 0 Å². The highest BCUT2D eigenvalue weighted by Crippen LogP contribution is 2.09. The van der Waals surface area contributed by atoms with E-state index in [9.17, 15) is 4.79 Å². The first kappa shape index (κ1) is 5.94. The van der Waals surface area contributed by atoms with Gasteiger partial charge in [-0.1, -0.05) is 0 Å². The number of aliphatic hydroxyl groups is 1. The third-order valence-corrected chi connectivity index (χ3v) is 1.01. The minimum atomic E-state index is -0.529. The molecule has 0 amide bonds. The van der Waals surface area contributed by atoms with Gasteiger partial charge in [-0.25, -0.2) is 4.79 Å². The molecule has 0 bridgehead atoms. The maximum Gasteiger partial charge on any atom is 0.343 e. The molecule has 0 fully saturated rings. The molecule has 1 heterocycles. The Labute approximate surface area is 51.7 Å². The molecule has 0 aromatic rings. The lowest BCUT2D eigenvalue weighted by Gasteiger charge is -2.12. The fourth-order valence-corrected chi connectivity index (χ4v) is 0.443. The van der Waals surface area contributed by atoms with Crippen molar-refractivity contribution in [3.05, 3.63) is 11.5 Å². The number of hydrogen-bond donors (Lipinski definition) is 1. The fourth-order valence-electron chi connectivity index (χ4n) is 0.443. The van der Waals surface area contributed by atoms with Gasteiger partial charge in [0.1, 0.15) is 5.57 Å². The van der Waals surface area contributed by atoms with Crippen molar-refractivity contribution in [2.75, 3.05) is 6.79 Å². The molecule has 0 atom stereocenters. The monoisotopic (exact) mass is 130 g/mol. The third kappa shape index (κ3) is 0.960. The van der Waals surface area contributed by atoms with Crippen molar-refractivity contribution in [2.24, 2.45) is 0 Å². The Morgan fingerprint density at radius 3 is 2.67 bits per heavy atom. The van der Waals surface area contributed by atoms with Crippen LogP contribution in [-0.2, 0) is 14.3 Å². The number of carbonyl (C=O) groups excluding carboxylic acids is 1. The van der Waals surface area contributed by atoms with Gasteiger partial charge >= 0.3 is 5.97 Å². The van der Waals surface area contributed by atoms with Crippen LogP contribution >= 0.6 is 0 Å². The van der Waals surface area contributed by atoms with E-state index in [-0.39, 0.29) is 18.3 Å². The molecule has 0 saturated heterocycles. The van der Waals surface area contributed by atoms with Crippen molar-refractivity contribution in [1.82, 2.24) is 0 Å². The molecule has 0 saturated carbocycles. The molecule has 1 aliphatic heterocycles. The number of aliphatic hydroxyl groups excluding tert-OH is 1. The topological polar surface area (TPSA) is 55.8 Å². The minimum Gasteiger partial charge on any atom is -0.481 e. The molecule has 1 aliphatic rings. The van der Waals surface area contributed by atoms with Crippen molar-refractivity contribution in [3.63, 3.8) is 0 Å². The molecule has 4 heteroatoms. The molecule has 4 nitrogen and oxygen atoms in total. The Hall–Kier alpha value is -1.19. The summed E-state index contributed by atoms with van der Waals surface area (Å²) in [5.74, 6) is -0.870.